The van der Waals surface area contributed by atoms with E-state index in [0.717, 1.165) is 27.2 Å². The van der Waals surface area contributed by atoms with E-state index >= 15 is 0 Å². The van der Waals surface area contributed by atoms with Crippen LogP contribution in [0, 0.1) is 12.7 Å². The van der Waals surface area contributed by atoms with E-state index in [2.05, 4.69) is 5.32 Å². The first-order chi connectivity index (χ1) is 15.8. The van der Waals surface area contributed by atoms with Gasteiger partial charge in [0.25, 0.3) is 10.0 Å². The van der Waals surface area contributed by atoms with Gasteiger partial charge in [-0.3, -0.25) is 9.10 Å². The minimum Gasteiger partial charge on any atom is -0.496 e. The third kappa shape index (κ3) is 6.10. The highest BCUT2D eigenvalue weighted by atomic mass is 32.2. The van der Waals surface area contributed by atoms with Gasteiger partial charge in [-0.15, -0.1) is 0 Å². The number of methoxy groups -OCH3 is 1. The van der Waals surface area contributed by atoms with E-state index in [1.54, 1.807) is 19.2 Å². The quantitative estimate of drug-likeness (QED) is 0.453. The number of rotatable bonds is 10. The van der Waals surface area contributed by atoms with Crippen LogP contribution in [-0.4, -0.2) is 34.5 Å². The van der Waals surface area contributed by atoms with Crippen molar-refractivity contribution in [1.29, 1.82) is 0 Å². The maximum Gasteiger partial charge on any atom is 0.264 e. The number of aryl methyl sites for hydroxylation is 2. The standard InChI is InChI=1S/C25H27FN2O4S/c1-19-13-15-21(16-14-19)33(30,31)28(23-11-5-4-10-22(23)26)18-25(29)27-17-7-9-20-8-3-6-12-24(20)32-2/h3-6,8,10-16H,7,9,17-18H2,1-2H3,(H,27,29). The third-order valence-electron chi connectivity index (χ3n) is 5.15. The maximum absolute atomic E-state index is 14.5. The zero-order valence-corrected chi connectivity index (χ0v) is 19.4. The molecule has 1 amide bonds. The predicted molar refractivity (Wildman–Crippen MR) is 126 cm³/mol. The van der Waals surface area contributed by atoms with Crippen molar-refractivity contribution in [3.63, 3.8) is 0 Å². The van der Waals surface area contributed by atoms with Crippen LogP contribution < -0.4 is 14.4 Å². The van der Waals surface area contributed by atoms with Gasteiger partial charge in [0.15, 0.2) is 0 Å². The van der Waals surface area contributed by atoms with Gasteiger partial charge < -0.3 is 10.1 Å². The second kappa shape index (κ2) is 11.0. The van der Waals surface area contributed by atoms with Crippen LogP contribution in [0.4, 0.5) is 10.1 Å². The molecule has 0 heterocycles. The summed E-state index contributed by atoms with van der Waals surface area (Å²) >= 11 is 0. The fraction of sp³-hybridized carbons (Fsp3) is 0.240. The lowest BCUT2D eigenvalue weighted by Gasteiger charge is -2.24. The molecular weight excluding hydrogens is 443 g/mol. The molecule has 0 spiro atoms. The van der Waals surface area contributed by atoms with Crippen LogP contribution in [0.2, 0.25) is 0 Å². The van der Waals surface area contributed by atoms with Crippen LogP contribution in [0.5, 0.6) is 5.75 Å². The molecule has 3 aromatic rings. The first-order valence-electron chi connectivity index (χ1n) is 10.6. The number of carbonyl (C=O) groups is 1. The van der Waals surface area contributed by atoms with Crippen molar-refractivity contribution in [1.82, 2.24) is 5.32 Å². The summed E-state index contributed by atoms with van der Waals surface area (Å²) in [6.45, 7) is 1.64. The van der Waals surface area contributed by atoms with Crippen molar-refractivity contribution in [3.8, 4) is 5.75 Å². The van der Waals surface area contributed by atoms with Crippen molar-refractivity contribution < 1.29 is 22.3 Å². The number of hydrogen-bond acceptors (Lipinski definition) is 4. The van der Waals surface area contributed by atoms with Crippen molar-refractivity contribution in [3.05, 3.63) is 89.7 Å². The van der Waals surface area contributed by atoms with Gasteiger partial charge in [0.05, 0.1) is 17.7 Å². The Labute approximate surface area is 194 Å². The van der Waals surface area contributed by atoms with E-state index in [1.165, 1.54) is 30.3 Å². The molecular formula is C25H27FN2O4S. The lowest BCUT2D eigenvalue weighted by molar-refractivity contribution is -0.119. The van der Waals surface area contributed by atoms with Gasteiger partial charge in [-0.2, -0.15) is 0 Å². The van der Waals surface area contributed by atoms with E-state index in [9.17, 15) is 17.6 Å². The molecule has 3 aromatic carbocycles. The highest BCUT2D eigenvalue weighted by molar-refractivity contribution is 7.92. The van der Waals surface area contributed by atoms with E-state index in [-0.39, 0.29) is 10.6 Å². The Morgan fingerprint density at radius 1 is 1.00 bits per heavy atom. The third-order valence-corrected chi connectivity index (χ3v) is 6.93. The Kier molecular flexibility index (Phi) is 8.06. The molecule has 0 aliphatic heterocycles. The molecule has 6 nitrogen and oxygen atoms in total. The number of benzene rings is 3. The summed E-state index contributed by atoms with van der Waals surface area (Å²) in [5.41, 5.74) is 1.73. The van der Waals surface area contributed by atoms with Gasteiger partial charge in [-0.1, -0.05) is 48.0 Å². The summed E-state index contributed by atoms with van der Waals surface area (Å²) < 4.78 is 47.2. The van der Waals surface area contributed by atoms with Crippen LogP contribution in [0.3, 0.4) is 0 Å². The van der Waals surface area contributed by atoms with E-state index in [1.807, 2.05) is 31.2 Å². The SMILES string of the molecule is COc1ccccc1CCCNC(=O)CN(c1ccccc1F)S(=O)(=O)c1ccc(C)cc1. The van der Waals surface area contributed by atoms with Crippen molar-refractivity contribution in [2.75, 3.05) is 24.5 Å². The molecule has 1 N–H and O–H groups in total. The zero-order chi connectivity index (χ0) is 23.8. The number of ether oxygens (including phenoxy) is 1. The van der Waals surface area contributed by atoms with E-state index in [0.29, 0.717) is 19.4 Å². The zero-order valence-electron chi connectivity index (χ0n) is 18.6. The molecule has 0 aliphatic carbocycles. The molecule has 33 heavy (non-hydrogen) atoms. The fourth-order valence-electron chi connectivity index (χ4n) is 3.39. The number of hydrogen-bond donors (Lipinski definition) is 1. The summed E-state index contributed by atoms with van der Waals surface area (Å²) in [5.74, 6) is -0.468. The smallest absolute Gasteiger partial charge is 0.264 e. The Balaban J connectivity index is 1.72. The largest absolute Gasteiger partial charge is 0.496 e. The van der Waals surface area contributed by atoms with Crippen LogP contribution >= 0.6 is 0 Å². The number of halogens is 1. The molecule has 8 heteroatoms. The maximum atomic E-state index is 14.5. The monoisotopic (exact) mass is 470 g/mol. The number of carbonyl (C=O) groups excluding carboxylic acids is 1. The Morgan fingerprint density at radius 3 is 2.36 bits per heavy atom. The van der Waals surface area contributed by atoms with Gasteiger partial charge in [-0.25, -0.2) is 12.8 Å². The van der Waals surface area contributed by atoms with Gasteiger partial charge in [0, 0.05) is 6.54 Å². The number of anilines is 1. The van der Waals surface area contributed by atoms with Gasteiger partial charge in [0.1, 0.15) is 18.1 Å². The van der Waals surface area contributed by atoms with Gasteiger partial charge in [0.2, 0.25) is 5.91 Å². The highest BCUT2D eigenvalue weighted by Crippen LogP contribution is 2.26. The Morgan fingerprint density at radius 2 is 1.67 bits per heavy atom. The van der Waals surface area contributed by atoms with Gasteiger partial charge >= 0.3 is 0 Å². The highest BCUT2D eigenvalue weighted by Gasteiger charge is 2.29. The second-order valence-corrected chi connectivity index (χ2v) is 9.40. The normalized spacial score (nSPS) is 11.1. The second-order valence-electron chi connectivity index (χ2n) is 7.54. The van der Waals surface area contributed by atoms with Gasteiger partial charge in [-0.05, 0) is 55.7 Å². The topological polar surface area (TPSA) is 75.7 Å². The first-order valence-corrected chi connectivity index (χ1v) is 12.0. The number of para-hydroxylation sites is 2. The summed E-state index contributed by atoms with van der Waals surface area (Å²) in [6.07, 6.45) is 1.32. The first kappa shape index (κ1) is 24.3. The number of nitrogens with one attached hydrogen (secondary N) is 1. The number of nitrogens with zero attached hydrogens (tertiary/aromatic N) is 1. The summed E-state index contributed by atoms with van der Waals surface area (Å²) in [5, 5.41) is 2.73. The molecule has 0 saturated heterocycles. The molecule has 0 aromatic heterocycles. The molecule has 0 atom stereocenters. The number of sulfonamides is 1. The van der Waals surface area contributed by atoms with E-state index in [4.69, 9.17) is 4.74 Å². The van der Waals surface area contributed by atoms with Crippen LogP contribution in [0.15, 0.2) is 77.7 Å². The molecule has 0 fully saturated rings. The molecule has 3 rings (SSSR count). The molecule has 0 aliphatic rings. The Bertz CT molecular complexity index is 1200. The van der Waals surface area contributed by atoms with Crippen LogP contribution in [0.1, 0.15) is 17.5 Å². The van der Waals surface area contributed by atoms with Crippen LogP contribution in [0.25, 0.3) is 0 Å². The average molecular weight is 471 g/mol. The fourth-order valence-corrected chi connectivity index (χ4v) is 4.82. The predicted octanol–water partition coefficient (Wildman–Crippen LogP) is 4.09. The Hall–Kier alpha value is -3.39. The van der Waals surface area contributed by atoms with Crippen molar-refractivity contribution in [2.24, 2.45) is 0 Å². The number of amides is 1. The molecule has 0 unspecified atom stereocenters. The molecule has 0 radical (unpaired) electrons. The van der Waals surface area contributed by atoms with Crippen molar-refractivity contribution >= 4 is 21.6 Å². The molecule has 0 bridgehead atoms. The molecule has 0 saturated carbocycles. The summed E-state index contributed by atoms with van der Waals surface area (Å²) in [4.78, 5) is 12.6. The van der Waals surface area contributed by atoms with E-state index < -0.39 is 28.3 Å². The average Bonchev–Trinajstić information content (AvgIpc) is 2.81. The lowest BCUT2D eigenvalue weighted by atomic mass is 10.1. The lowest BCUT2D eigenvalue weighted by Crippen LogP contribution is -2.41. The summed E-state index contributed by atoms with van der Waals surface area (Å²) in [6, 6.07) is 19.3. The van der Waals surface area contributed by atoms with Crippen LogP contribution in [-0.2, 0) is 21.2 Å². The summed E-state index contributed by atoms with van der Waals surface area (Å²) in [7, 11) is -2.55. The minimum atomic E-state index is -4.16. The van der Waals surface area contributed by atoms with Crippen molar-refractivity contribution in [2.45, 2.75) is 24.7 Å². The molecule has 174 valence electrons. The minimum absolute atomic E-state index is 0.0136.